The molecule has 0 aliphatic carbocycles. The zero-order valence-corrected chi connectivity index (χ0v) is 13.1. The third-order valence-electron chi connectivity index (χ3n) is 2.97. The zero-order chi connectivity index (χ0) is 16.2. The van der Waals surface area contributed by atoms with E-state index in [0.717, 1.165) is 0 Å². The lowest BCUT2D eigenvalue weighted by Gasteiger charge is -2.09. The van der Waals surface area contributed by atoms with Gasteiger partial charge in [0.25, 0.3) is 5.56 Å². The Balaban J connectivity index is 2.06. The summed E-state index contributed by atoms with van der Waals surface area (Å²) in [5, 5.41) is 4.04. The third kappa shape index (κ3) is 3.92. The monoisotopic (exact) mass is 323 g/mol. The van der Waals surface area contributed by atoms with Gasteiger partial charge in [-0.05, 0) is 25.1 Å². The Kier molecular flexibility index (Phi) is 4.94. The number of hydrogen-bond acceptors (Lipinski definition) is 5. The Morgan fingerprint density at radius 1 is 1.27 bits per heavy atom. The number of aryl methyl sites for hydroxylation is 1. The number of rotatable bonds is 6. The molecule has 0 aliphatic heterocycles. The van der Waals surface area contributed by atoms with Crippen molar-refractivity contribution in [3.05, 3.63) is 52.4 Å². The van der Waals surface area contributed by atoms with Crippen molar-refractivity contribution in [1.29, 1.82) is 0 Å². The van der Waals surface area contributed by atoms with Crippen molar-refractivity contribution in [2.75, 3.05) is 13.7 Å². The van der Waals surface area contributed by atoms with Crippen LogP contribution < -0.4 is 15.0 Å². The lowest BCUT2D eigenvalue weighted by atomic mass is 10.3. The molecule has 0 bridgehead atoms. The van der Waals surface area contributed by atoms with E-state index in [1.165, 1.54) is 30.0 Å². The van der Waals surface area contributed by atoms with Gasteiger partial charge in [-0.15, -0.1) is 0 Å². The lowest BCUT2D eigenvalue weighted by Crippen LogP contribution is -2.32. The maximum absolute atomic E-state index is 12.2. The Hall–Kier alpha value is -2.19. The number of benzene rings is 1. The van der Waals surface area contributed by atoms with Crippen molar-refractivity contribution >= 4 is 10.0 Å². The van der Waals surface area contributed by atoms with E-state index >= 15 is 0 Å². The predicted molar refractivity (Wildman–Crippen MR) is 81.4 cm³/mol. The molecule has 1 heterocycles. The maximum Gasteiger partial charge on any atom is 0.266 e. The van der Waals surface area contributed by atoms with Gasteiger partial charge in [-0.25, -0.2) is 17.8 Å². The van der Waals surface area contributed by atoms with Crippen LogP contribution in [-0.4, -0.2) is 31.9 Å². The van der Waals surface area contributed by atoms with Gasteiger partial charge in [-0.1, -0.05) is 6.07 Å². The van der Waals surface area contributed by atoms with Gasteiger partial charge in [0.2, 0.25) is 10.0 Å². The van der Waals surface area contributed by atoms with Crippen LogP contribution in [0.3, 0.4) is 0 Å². The first-order chi connectivity index (χ1) is 10.4. The molecule has 8 heteroatoms. The highest BCUT2D eigenvalue weighted by Gasteiger charge is 2.14. The van der Waals surface area contributed by atoms with Crippen molar-refractivity contribution < 1.29 is 13.2 Å². The van der Waals surface area contributed by atoms with Crippen molar-refractivity contribution in [3.63, 3.8) is 0 Å². The summed E-state index contributed by atoms with van der Waals surface area (Å²) >= 11 is 0. The normalized spacial score (nSPS) is 11.4. The molecule has 0 aliphatic rings. The summed E-state index contributed by atoms with van der Waals surface area (Å²) in [5.74, 6) is 0.458. The fraction of sp³-hybridized carbons (Fsp3) is 0.286. The first-order valence-corrected chi connectivity index (χ1v) is 8.09. The highest BCUT2D eigenvalue weighted by atomic mass is 32.2. The van der Waals surface area contributed by atoms with Gasteiger partial charge >= 0.3 is 0 Å². The maximum atomic E-state index is 12.2. The average Bonchev–Trinajstić information content (AvgIpc) is 2.50. The van der Waals surface area contributed by atoms with Gasteiger partial charge in [0, 0.05) is 18.7 Å². The molecule has 0 saturated carbocycles. The van der Waals surface area contributed by atoms with Crippen LogP contribution in [0.15, 0.2) is 46.1 Å². The molecular weight excluding hydrogens is 306 g/mol. The summed E-state index contributed by atoms with van der Waals surface area (Å²) in [6.07, 6.45) is 0. The summed E-state index contributed by atoms with van der Waals surface area (Å²) in [5.41, 5.74) is 0.418. The lowest BCUT2D eigenvalue weighted by molar-refractivity contribution is 0.413. The molecule has 118 valence electrons. The quantitative estimate of drug-likeness (QED) is 0.838. The van der Waals surface area contributed by atoms with E-state index in [4.69, 9.17) is 4.74 Å². The van der Waals surface area contributed by atoms with Gasteiger partial charge in [-0.3, -0.25) is 4.79 Å². The first-order valence-electron chi connectivity index (χ1n) is 6.61. The molecule has 1 aromatic heterocycles. The number of methoxy groups -OCH3 is 1. The molecule has 0 fully saturated rings. The fourth-order valence-corrected chi connectivity index (χ4v) is 2.90. The van der Waals surface area contributed by atoms with Crippen LogP contribution in [0.2, 0.25) is 0 Å². The predicted octanol–water partition coefficient (Wildman–Crippen LogP) is 0.539. The summed E-state index contributed by atoms with van der Waals surface area (Å²) in [7, 11) is -2.19. The number of sulfonamides is 1. The highest BCUT2D eigenvalue weighted by Crippen LogP contribution is 2.16. The molecule has 0 saturated heterocycles. The second-order valence-corrected chi connectivity index (χ2v) is 6.38. The summed E-state index contributed by atoms with van der Waals surface area (Å²) < 4.78 is 33.0. The molecule has 0 amide bonds. The molecule has 0 spiro atoms. The number of nitrogens with zero attached hydrogens (tertiary/aromatic N) is 2. The van der Waals surface area contributed by atoms with Crippen molar-refractivity contribution in [3.8, 4) is 5.75 Å². The fourth-order valence-electron chi connectivity index (χ4n) is 1.85. The largest absolute Gasteiger partial charge is 0.497 e. The van der Waals surface area contributed by atoms with Crippen LogP contribution in [0, 0.1) is 6.92 Å². The molecule has 2 rings (SSSR count). The zero-order valence-electron chi connectivity index (χ0n) is 12.3. The van der Waals surface area contributed by atoms with E-state index in [0.29, 0.717) is 11.4 Å². The minimum Gasteiger partial charge on any atom is -0.497 e. The Bertz CT molecular complexity index is 815. The number of ether oxygens (including phenoxy) is 1. The second-order valence-electron chi connectivity index (χ2n) is 4.61. The summed E-state index contributed by atoms with van der Waals surface area (Å²) in [4.78, 5) is 11.7. The van der Waals surface area contributed by atoms with Gasteiger partial charge in [-0.2, -0.15) is 5.10 Å². The smallest absolute Gasteiger partial charge is 0.266 e. The van der Waals surface area contributed by atoms with Crippen LogP contribution in [0.1, 0.15) is 5.69 Å². The van der Waals surface area contributed by atoms with Gasteiger partial charge in [0.1, 0.15) is 5.75 Å². The van der Waals surface area contributed by atoms with Gasteiger partial charge < -0.3 is 4.74 Å². The number of aromatic nitrogens is 2. The molecule has 2 aromatic rings. The topological polar surface area (TPSA) is 90.3 Å². The molecule has 1 N–H and O–H groups in total. The third-order valence-corrected chi connectivity index (χ3v) is 4.43. The van der Waals surface area contributed by atoms with E-state index < -0.39 is 10.0 Å². The molecule has 22 heavy (non-hydrogen) atoms. The number of hydrogen-bond donors (Lipinski definition) is 1. The highest BCUT2D eigenvalue weighted by molar-refractivity contribution is 7.89. The van der Waals surface area contributed by atoms with E-state index in [9.17, 15) is 13.2 Å². The van der Waals surface area contributed by atoms with Crippen LogP contribution in [-0.2, 0) is 16.6 Å². The Morgan fingerprint density at radius 3 is 2.77 bits per heavy atom. The van der Waals surface area contributed by atoms with Crippen LogP contribution >= 0.6 is 0 Å². The molecule has 0 atom stereocenters. The van der Waals surface area contributed by atoms with E-state index in [1.807, 2.05) is 0 Å². The molecule has 1 aromatic carbocycles. The van der Waals surface area contributed by atoms with Crippen molar-refractivity contribution in [2.45, 2.75) is 18.4 Å². The Morgan fingerprint density at radius 2 is 2.05 bits per heavy atom. The SMILES string of the molecule is COc1cccc(S(=O)(=O)NCCn2nc(C)ccc2=O)c1. The van der Waals surface area contributed by atoms with E-state index in [1.54, 1.807) is 25.1 Å². The molecule has 7 nitrogen and oxygen atoms in total. The minimum atomic E-state index is -3.66. The van der Waals surface area contributed by atoms with Crippen molar-refractivity contribution in [2.24, 2.45) is 0 Å². The number of nitrogens with one attached hydrogen (secondary N) is 1. The molecule has 0 unspecified atom stereocenters. The van der Waals surface area contributed by atoms with Crippen LogP contribution in [0.25, 0.3) is 0 Å². The Labute approximate surface area is 128 Å². The second kappa shape index (κ2) is 6.71. The first kappa shape index (κ1) is 16.2. The summed E-state index contributed by atoms with van der Waals surface area (Å²) in [6, 6.07) is 9.18. The van der Waals surface area contributed by atoms with E-state index in [-0.39, 0.29) is 23.5 Å². The van der Waals surface area contributed by atoms with Gasteiger partial charge in [0.15, 0.2) is 0 Å². The van der Waals surface area contributed by atoms with Crippen LogP contribution in [0.5, 0.6) is 5.75 Å². The standard InChI is InChI=1S/C14H17N3O4S/c1-11-6-7-14(18)17(16-11)9-8-15-22(19,20)13-5-3-4-12(10-13)21-2/h3-7,10,15H,8-9H2,1-2H3. The average molecular weight is 323 g/mol. The van der Waals surface area contributed by atoms with Gasteiger partial charge in [0.05, 0.1) is 24.2 Å². The minimum absolute atomic E-state index is 0.0654. The molecule has 0 radical (unpaired) electrons. The molecular formula is C14H17N3O4S. The van der Waals surface area contributed by atoms with Crippen molar-refractivity contribution in [1.82, 2.24) is 14.5 Å². The van der Waals surface area contributed by atoms with E-state index in [2.05, 4.69) is 9.82 Å². The van der Waals surface area contributed by atoms with Crippen LogP contribution in [0.4, 0.5) is 0 Å². The summed E-state index contributed by atoms with van der Waals surface area (Å²) in [6.45, 7) is 1.98.